The lowest BCUT2D eigenvalue weighted by atomic mass is 9.83. The third-order valence-electron chi connectivity index (χ3n) is 4.20. The fourth-order valence-electron chi connectivity index (χ4n) is 3.15. The molecule has 3 heteroatoms. The first kappa shape index (κ1) is 15.0. The Morgan fingerprint density at radius 1 is 1.26 bits per heavy atom. The van der Waals surface area contributed by atoms with Crippen molar-refractivity contribution in [3.05, 3.63) is 23.7 Å². The maximum Gasteiger partial charge on any atom is 0.118 e. The van der Waals surface area contributed by atoms with Gasteiger partial charge in [0.05, 0.1) is 12.3 Å². The zero-order valence-corrected chi connectivity index (χ0v) is 13.1. The first-order valence-corrected chi connectivity index (χ1v) is 9.02. The van der Waals surface area contributed by atoms with E-state index in [-0.39, 0.29) is 0 Å². The quantitative estimate of drug-likeness (QED) is 0.791. The molecule has 0 saturated heterocycles. The molecule has 0 amide bonds. The fraction of sp³-hybridized carbons (Fsp3) is 0.750. The lowest BCUT2D eigenvalue weighted by Gasteiger charge is -2.30. The van der Waals surface area contributed by atoms with Crippen molar-refractivity contribution in [2.75, 3.05) is 6.26 Å². The molecule has 0 spiro atoms. The Kier molecular flexibility index (Phi) is 6.32. The van der Waals surface area contributed by atoms with E-state index in [1.807, 2.05) is 0 Å². The van der Waals surface area contributed by atoms with E-state index in [9.17, 15) is 0 Å². The fourth-order valence-corrected chi connectivity index (χ4v) is 3.59. The molecule has 2 nitrogen and oxygen atoms in total. The third kappa shape index (κ3) is 4.57. The summed E-state index contributed by atoms with van der Waals surface area (Å²) in [6.45, 7) is 3.18. The van der Waals surface area contributed by atoms with Gasteiger partial charge < -0.3 is 9.73 Å². The highest BCUT2D eigenvalue weighted by atomic mass is 32.2. The SMILES string of the molecule is CCC(NCc1ccc(CSC)o1)C1CCCCC1. The van der Waals surface area contributed by atoms with E-state index in [0.717, 1.165) is 29.7 Å². The molecule has 0 aromatic carbocycles. The summed E-state index contributed by atoms with van der Waals surface area (Å²) in [5.41, 5.74) is 0. The Labute approximate surface area is 121 Å². The van der Waals surface area contributed by atoms with Crippen molar-refractivity contribution in [2.45, 2.75) is 63.8 Å². The summed E-state index contributed by atoms with van der Waals surface area (Å²) in [5.74, 6) is 4.02. The summed E-state index contributed by atoms with van der Waals surface area (Å²) in [5, 5.41) is 3.71. The van der Waals surface area contributed by atoms with Crippen molar-refractivity contribution >= 4 is 11.8 Å². The van der Waals surface area contributed by atoms with Gasteiger partial charge in [0.2, 0.25) is 0 Å². The van der Waals surface area contributed by atoms with E-state index in [2.05, 4.69) is 30.6 Å². The van der Waals surface area contributed by atoms with Crippen LogP contribution in [0.4, 0.5) is 0 Å². The Morgan fingerprint density at radius 2 is 2.00 bits per heavy atom. The van der Waals surface area contributed by atoms with E-state index in [0.29, 0.717) is 6.04 Å². The Balaban J connectivity index is 1.80. The predicted octanol–water partition coefficient (Wildman–Crippen LogP) is 4.59. The van der Waals surface area contributed by atoms with Crippen LogP contribution < -0.4 is 5.32 Å². The smallest absolute Gasteiger partial charge is 0.118 e. The number of thioether (sulfide) groups is 1. The second-order valence-electron chi connectivity index (χ2n) is 5.59. The van der Waals surface area contributed by atoms with Crippen LogP contribution in [-0.2, 0) is 12.3 Å². The van der Waals surface area contributed by atoms with Gasteiger partial charge in [-0.3, -0.25) is 0 Å². The maximum atomic E-state index is 5.82. The molecule has 1 aliphatic carbocycles. The number of rotatable bonds is 7. The lowest BCUT2D eigenvalue weighted by Crippen LogP contribution is -2.36. The van der Waals surface area contributed by atoms with Crippen molar-refractivity contribution in [1.82, 2.24) is 5.32 Å². The number of furan rings is 1. The van der Waals surface area contributed by atoms with Crippen LogP contribution >= 0.6 is 11.8 Å². The summed E-state index contributed by atoms with van der Waals surface area (Å²) >= 11 is 1.81. The summed E-state index contributed by atoms with van der Waals surface area (Å²) in [6.07, 6.45) is 10.4. The summed E-state index contributed by atoms with van der Waals surface area (Å²) in [6, 6.07) is 4.88. The first-order chi connectivity index (χ1) is 9.33. The zero-order chi connectivity index (χ0) is 13.5. The first-order valence-electron chi connectivity index (χ1n) is 7.63. The second kappa shape index (κ2) is 8.01. The average Bonchev–Trinajstić information content (AvgIpc) is 2.89. The van der Waals surface area contributed by atoms with Crippen molar-refractivity contribution in [3.63, 3.8) is 0 Å². The molecule has 1 N–H and O–H groups in total. The molecule has 1 aromatic rings. The molecule has 1 aromatic heterocycles. The van der Waals surface area contributed by atoms with E-state index >= 15 is 0 Å². The van der Waals surface area contributed by atoms with Gasteiger partial charge in [-0.05, 0) is 43.6 Å². The molecular formula is C16H27NOS. The molecule has 1 unspecified atom stereocenters. The normalized spacial score (nSPS) is 18.6. The van der Waals surface area contributed by atoms with Crippen LogP contribution in [0.15, 0.2) is 16.5 Å². The molecule has 1 atom stereocenters. The van der Waals surface area contributed by atoms with Crippen LogP contribution in [0.3, 0.4) is 0 Å². The topological polar surface area (TPSA) is 25.2 Å². The van der Waals surface area contributed by atoms with Crippen LogP contribution in [0.25, 0.3) is 0 Å². The van der Waals surface area contributed by atoms with Gasteiger partial charge in [-0.2, -0.15) is 11.8 Å². The van der Waals surface area contributed by atoms with Crippen molar-refractivity contribution in [1.29, 1.82) is 0 Å². The second-order valence-corrected chi connectivity index (χ2v) is 6.46. The van der Waals surface area contributed by atoms with Crippen LogP contribution in [-0.4, -0.2) is 12.3 Å². The van der Waals surface area contributed by atoms with Gasteiger partial charge in [0.25, 0.3) is 0 Å². The third-order valence-corrected chi connectivity index (χ3v) is 4.77. The number of hydrogen-bond acceptors (Lipinski definition) is 3. The highest BCUT2D eigenvalue weighted by Crippen LogP contribution is 2.28. The molecule has 1 heterocycles. The van der Waals surface area contributed by atoms with E-state index in [4.69, 9.17) is 4.42 Å². The van der Waals surface area contributed by atoms with Crippen molar-refractivity contribution < 1.29 is 4.42 Å². The Morgan fingerprint density at radius 3 is 2.68 bits per heavy atom. The minimum atomic E-state index is 0.661. The van der Waals surface area contributed by atoms with Crippen LogP contribution in [0.5, 0.6) is 0 Å². The lowest BCUT2D eigenvalue weighted by molar-refractivity contribution is 0.256. The van der Waals surface area contributed by atoms with Gasteiger partial charge in [-0.15, -0.1) is 0 Å². The molecule has 108 valence electrons. The Hall–Kier alpha value is -0.410. The summed E-state index contributed by atoms with van der Waals surface area (Å²) in [4.78, 5) is 0. The largest absolute Gasteiger partial charge is 0.464 e. The molecular weight excluding hydrogens is 254 g/mol. The number of nitrogens with one attached hydrogen (secondary N) is 1. The minimum absolute atomic E-state index is 0.661. The van der Waals surface area contributed by atoms with Gasteiger partial charge >= 0.3 is 0 Å². The standard InChI is InChI=1S/C16H27NOS/c1-3-16(13-7-5-4-6-8-13)17-11-14-9-10-15(18-14)12-19-2/h9-10,13,16-17H,3-8,11-12H2,1-2H3. The molecule has 0 aliphatic heterocycles. The van der Waals surface area contributed by atoms with Crippen LogP contribution in [0, 0.1) is 5.92 Å². The molecule has 0 radical (unpaired) electrons. The minimum Gasteiger partial charge on any atom is -0.464 e. The highest BCUT2D eigenvalue weighted by Gasteiger charge is 2.21. The average molecular weight is 281 g/mol. The molecule has 1 aliphatic rings. The van der Waals surface area contributed by atoms with E-state index in [1.165, 1.54) is 38.5 Å². The van der Waals surface area contributed by atoms with E-state index < -0.39 is 0 Å². The predicted molar refractivity (Wildman–Crippen MR) is 83.4 cm³/mol. The van der Waals surface area contributed by atoms with Gasteiger partial charge in [0.1, 0.15) is 11.5 Å². The molecule has 1 saturated carbocycles. The van der Waals surface area contributed by atoms with Crippen LogP contribution in [0.2, 0.25) is 0 Å². The van der Waals surface area contributed by atoms with E-state index in [1.54, 1.807) is 11.8 Å². The summed E-state index contributed by atoms with van der Waals surface area (Å²) in [7, 11) is 0. The molecule has 19 heavy (non-hydrogen) atoms. The van der Waals surface area contributed by atoms with Crippen molar-refractivity contribution in [3.8, 4) is 0 Å². The van der Waals surface area contributed by atoms with Crippen molar-refractivity contribution in [2.24, 2.45) is 5.92 Å². The summed E-state index contributed by atoms with van der Waals surface area (Å²) < 4.78 is 5.82. The van der Waals surface area contributed by atoms with Gasteiger partial charge in [0.15, 0.2) is 0 Å². The number of hydrogen-bond donors (Lipinski definition) is 1. The molecule has 0 bridgehead atoms. The van der Waals surface area contributed by atoms with Crippen LogP contribution in [0.1, 0.15) is 57.0 Å². The molecule has 2 rings (SSSR count). The highest BCUT2D eigenvalue weighted by molar-refractivity contribution is 7.97. The Bertz CT molecular complexity index is 357. The molecule has 1 fully saturated rings. The monoisotopic (exact) mass is 281 g/mol. The maximum absolute atomic E-state index is 5.82. The van der Waals surface area contributed by atoms with Gasteiger partial charge in [-0.25, -0.2) is 0 Å². The zero-order valence-electron chi connectivity index (χ0n) is 12.3. The van der Waals surface area contributed by atoms with Gasteiger partial charge in [0, 0.05) is 6.04 Å². The van der Waals surface area contributed by atoms with Gasteiger partial charge in [-0.1, -0.05) is 26.2 Å².